The Hall–Kier alpha value is -7.68. The van der Waals surface area contributed by atoms with Crippen LogP contribution < -0.4 is 31.8 Å². The molecule has 4 heterocycles. The molecule has 0 bridgehead atoms. The summed E-state index contributed by atoms with van der Waals surface area (Å²) in [6, 6.07) is 29.9. The molecule has 15 heteroatoms. The van der Waals surface area contributed by atoms with Crippen LogP contribution in [0.2, 0.25) is 0 Å². The summed E-state index contributed by atoms with van der Waals surface area (Å²) in [6.07, 6.45) is 1.89. The first-order chi connectivity index (χ1) is 30.5. The Labute approximate surface area is 359 Å². The molecule has 15 nitrogen and oxygen atoms in total. The van der Waals surface area contributed by atoms with Crippen LogP contribution in [0.3, 0.4) is 0 Å². The minimum atomic E-state index is -1.51. The Morgan fingerprint density at radius 1 is 0.841 bits per heavy atom. The molecule has 10 rings (SSSR count). The molecule has 2 aliphatic heterocycles. The van der Waals surface area contributed by atoms with Gasteiger partial charge in [0.05, 0.1) is 54.9 Å². The number of fused-ring (bicyclic) bond motifs is 6. The number of benzene rings is 5. The van der Waals surface area contributed by atoms with Gasteiger partial charge in [0.1, 0.15) is 11.4 Å². The first-order valence-corrected chi connectivity index (χ1v) is 20.7. The van der Waals surface area contributed by atoms with Gasteiger partial charge in [0.25, 0.3) is 17.4 Å². The van der Waals surface area contributed by atoms with Crippen molar-refractivity contribution in [2.24, 2.45) is 13.0 Å². The summed E-state index contributed by atoms with van der Waals surface area (Å²) < 4.78 is 16.2. The number of aromatic hydroxyl groups is 1. The normalized spacial score (nSPS) is 20.3. The fourth-order valence-corrected chi connectivity index (χ4v) is 10.2. The Morgan fingerprint density at radius 2 is 1.54 bits per heavy atom. The summed E-state index contributed by atoms with van der Waals surface area (Å²) >= 11 is 0. The molecule has 5 aromatic carbocycles. The van der Waals surface area contributed by atoms with Crippen molar-refractivity contribution in [2.45, 2.75) is 50.2 Å². The largest absolute Gasteiger partial charge is 0.507 e. The van der Waals surface area contributed by atoms with Gasteiger partial charge in [-0.25, -0.2) is 28.5 Å². The molecule has 4 unspecified atom stereocenters. The lowest BCUT2D eigenvalue weighted by Crippen LogP contribution is -2.53. The number of aromatic nitrogens is 5. The van der Waals surface area contributed by atoms with E-state index in [1.54, 1.807) is 49.5 Å². The van der Waals surface area contributed by atoms with Crippen LogP contribution in [0.15, 0.2) is 129 Å². The summed E-state index contributed by atoms with van der Waals surface area (Å²) in [4.78, 5) is 78.0. The number of hydrazine groups is 1. The highest BCUT2D eigenvalue weighted by Gasteiger charge is 2.69. The van der Waals surface area contributed by atoms with E-state index in [1.165, 1.54) is 28.2 Å². The van der Waals surface area contributed by atoms with Crippen LogP contribution in [-0.2, 0) is 41.6 Å². The molecule has 1 saturated heterocycles. The zero-order valence-electron chi connectivity index (χ0n) is 34.9. The third-order valence-electron chi connectivity index (χ3n) is 13.2. The van der Waals surface area contributed by atoms with E-state index < -0.39 is 52.0 Å². The number of ether oxygens (including phenoxy) is 2. The van der Waals surface area contributed by atoms with Gasteiger partial charge in [-0.2, -0.15) is 5.01 Å². The van der Waals surface area contributed by atoms with Crippen molar-refractivity contribution in [3.8, 4) is 17.2 Å². The van der Waals surface area contributed by atoms with Gasteiger partial charge in [-0.3, -0.25) is 19.8 Å². The lowest BCUT2D eigenvalue weighted by Gasteiger charge is -2.49. The maximum absolute atomic E-state index is 15.6. The van der Waals surface area contributed by atoms with Crippen LogP contribution in [0.5, 0.6) is 17.2 Å². The number of hydrogen-bond donors (Lipinski definition) is 2. The van der Waals surface area contributed by atoms with E-state index in [4.69, 9.17) is 9.47 Å². The van der Waals surface area contributed by atoms with Gasteiger partial charge in [0.2, 0.25) is 0 Å². The predicted molar refractivity (Wildman–Crippen MR) is 235 cm³/mol. The average molecular weight is 846 g/mol. The first kappa shape index (κ1) is 39.5. The third-order valence-corrected chi connectivity index (χ3v) is 13.2. The minimum absolute atomic E-state index is 0.0000440. The number of methoxy groups -OCH3 is 2. The Bertz CT molecular complexity index is 3260. The van der Waals surface area contributed by atoms with Gasteiger partial charge in [0.15, 0.2) is 11.5 Å². The molecule has 318 valence electrons. The maximum atomic E-state index is 15.6. The fraction of sp³-hybridized carbons (Fsp3) is 0.250. The van der Waals surface area contributed by atoms with Crippen molar-refractivity contribution < 1.29 is 24.2 Å². The SMILES string of the molecule is COc1cc2nc(CCn3c(=O)n4n(c3=O)C3CC5C(=O)N(Nc6ccc(C)cc6)C(=O)C5(c5ccccc5)C(c5ccc(O)c6ccccc56)C3=CC4)c(=O)n(C)c2cc1OC. The van der Waals surface area contributed by atoms with Crippen LogP contribution >= 0.6 is 0 Å². The van der Waals surface area contributed by atoms with Crippen LogP contribution in [-0.4, -0.2) is 59.6 Å². The molecular weight excluding hydrogens is 803 g/mol. The highest BCUT2D eigenvalue weighted by Crippen LogP contribution is 2.62. The number of hydrogen-bond acceptors (Lipinski definition) is 10. The molecule has 0 spiro atoms. The zero-order valence-corrected chi connectivity index (χ0v) is 34.9. The highest BCUT2D eigenvalue weighted by atomic mass is 16.5. The lowest BCUT2D eigenvalue weighted by molar-refractivity contribution is -0.138. The van der Waals surface area contributed by atoms with Gasteiger partial charge >= 0.3 is 11.4 Å². The van der Waals surface area contributed by atoms with Gasteiger partial charge in [-0.15, -0.1) is 0 Å². The molecule has 63 heavy (non-hydrogen) atoms. The molecule has 1 aliphatic carbocycles. The van der Waals surface area contributed by atoms with E-state index in [1.807, 2.05) is 73.7 Å². The molecule has 0 radical (unpaired) electrons. The topological polar surface area (TPSA) is 172 Å². The number of rotatable bonds is 9. The van der Waals surface area contributed by atoms with Crippen molar-refractivity contribution >= 4 is 39.3 Å². The van der Waals surface area contributed by atoms with E-state index in [9.17, 15) is 19.5 Å². The molecule has 2 N–H and O–H groups in total. The minimum Gasteiger partial charge on any atom is -0.507 e. The quantitative estimate of drug-likeness (QED) is 0.147. The van der Waals surface area contributed by atoms with Gasteiger partial charge in [0, 0.05) is 43.5 Å². The van der Waals surface area contributed by atoms with Crippen molar-refractivity contribution in [1.82, 2.24) is 28.5 Å². The van der Waals surface area contributed by atoms with Gasteiger partial charge in [-0.05, 0) is 53.6 Å². The highest BCUT2D eigenvalue weighted by molar-refractivity contribution is 6.13. The second-order valence-electron chi connectivity index (χ2n) is 16.4. The number of nitrogens with one attached hydrogen (secondary N) is 1. The monoisotopic (exact) mass is 845 g/mol. The Balaban J connectivity index is 1.12. The first-order valence-electron chi connectivity index (χ1n) is 20.7. The molecular formula is C48H43N7O8. The number of phenolic OH excluding ortho intramolecular Hbond substituents is 1. The number of amides is 2. The van der Waals surface area contributed by atoms with Crippen LogP contribution in [0, 0.1) is 12.8 Å². The van der Waals surface area contributed by atoms with E-state index in [0.29, 0.717) is 55.7 Å². The molecule has 2 amide bonds. The van der Waals surface area contributed by atoms with Crippen LogP contribution in [0.1, 0.15) is 40.8 Å². The average Bonchev–Trinajstić information content (AvgIpc) is 3.67. The second-order valence-corrected chi connectivity index (χ2v) is 16.4. The number of allylic oxidation sites excluding steroid dienone is 2. The van der Waals surface area contributed by atoms with Crippen molar-refractivity contribution in [2.75, 3.05) is 19.6 Å². The van der Waals surface area contributed by atoms with E-state index >= 15 is 9.59 Å². The van der Waals surface area contributed by atoms with Gasteiger partial charge in [-0.1, -0.05) is 84.4 Å². The molecule has 3 aliphatic rings. The molecule has 2 fully saturated rings. The standard InChI is InChI=1S/C48H43N7O8/c1-27-14-16-29(17-15-27)50-54-43(57)34-24-37-33(42(48(34,45(54)59)28-10-6-5-7-11-28)32-18-19-39(56)31-13-9-8-12-30(31)32)20-23-53-46(60)52(47(61)55(37)53)22-21-35-44(58)51(2)38-26-41(63-4)40(62-3)25-36(38)49-35/h5-20,25-26,34,37,42,50,56H,21-24H2,1-4H3. The van der Waals surface area contributed by atoms with Gasteiger partial charge < -0.3 is 19.1 Å². The zero-order chi connectivity index (χ0) is 43.9. The van der Waals surface area contributed by atoms with Crippen molar-refractivity contribution in [1.29, 1.82) is 0 Å². The molecule has 2 aromatic heterocycles. The lowest BCUT2D eigenvalue weighted by atomic mass is 9.53. The van der Waals surface area contributed by atoms with Crippen LogP contribution in [0.4, 0.5) is 5.69 Å². The Kier molecular flexibility index (Phi) is 9.24. The van der Waals surface area contributed by atoms with E-state index in [-0.39, 0.29) is 37.4 Å². The number of aryl methyl sites for hydroxylation is 3. The van der Waals surface area contributed by atoms with E-state index in [0.717, 1.165) is 15.1 Å². The second kappa shape index (κ2) is 14.8. The number of anilines is 1. The van der Waals surface area contributed by atoms with Crippen molar-refractivity contribution in [3.05, 3.63) is 168 Å². The smallest absolute Gasteiger partial charge is 0.347 e. The number of imide groups is 1. The Morgan fingerprint density at radius 3 is 2.27 bits per heavy atom. The number of nitrogens with zero attached hydrogens (tertiary/aromatic N) is 6. The summed E-state index contributed by atoms with van der Waals surface area (Å²) in [6.45, 7) is 1.80. The van der Waals surface area contributed by atoms with Crippen LogP contribution in [0.25, 0.3) is 21.8 Å². The molecule has 4 atom stereocenters. The molecule has 1 saturated carbocycles. The summed E-state index contributed by atoms with van der Waals surface area (Å²) in [5, 5.41) is 13.4. The molecule has 7 aromatic rings. The number of phenols is 1. The summed E-state index contributed by atoms with van der Waals surface area (Å²) in [5.41, 5.74) is 4.71. The fourth-order valence-electron chi connectivity index (χ4n) is 10.2. The van der Waals surface area contributed by atoms with E-state index in [2.05, 4.69) is 10.4 Å². The maximum Gasteiger partial charge on any atom is 0.347 e. The third kappa shape index (κ3) is 5.79. The summed E-state index contributed by atoms with van der Waals surface area (Å²) in [5.74, 6) is -1.87. The number of carbonyl (C=O) groups excluding carboxylic acids is 2. The number of carbonyl (C=O) groups is 2. The predicted octanol–water partition coefficient (Wildman–Crippen LogP) is 5.10. The van der Waals surface area contributed by atoms with Crippen molar-refractivity contribution in [3.63, 3.8) is 0 Å². The summed E-state index contributed by atoms with van der Waals surface area (Å²) in [7, 11) is 4.62.